The molecule has 2 rings (SSSR count). The summed E-state index contributed by atoms with van der Waals surface area (Å²) in [7, 11) is 0. The molecule has 1 nitrogen and oxygen atoms in total. The number of phenols is 1. The highest BCUT2D eigenvalue weighted by atomic mass is 16.3. The predicted molar refractivity (Wildman–Crippen MR) is 97.6 cm³/mol. The van der Waals surface area contributed by atoms with E-state index in [1.807, 2.05) is 13.0 Å². The van der Waals surface area contributed by atoms with Crippen LogP contribution >= 0.6 is 0 Å². The minimum atomic E-state index is 0.415. The minimum absolute atomic E-state index is 0.415. The van der Waals surface area contributed by atoms with Crippen LogP contribution in [0.15, 0.2) is 42.5 Å². The van der Waals surface area contributed by atoms with Crippen LogP contribution in [0.5, 0.6) is 5.75 Å². The zero-order valence-corrected chi connectivity index (χ0v) is 14.6. The fourth-order valence-corrected chi connectivity index (χ4v) is 2.99. The van der Waals surface area contributed by atoms with E-state index in [1.54, 1.807) is 6.08 Å². The van der Waals surface area contributed by atoms with Gasteiger partial charge in [0.15, 0.2) is 0 Å². The first kappa shape index (κ1) is 18.5. The Balaban J connectivity index is 0.000000745. The molecule has 1 heteroatoms. The zero-order valence-electron chi connectivity index (χ0n) is 14.6. The van der Waals surface area contributed by atoms with Crippen LogP contribution in [0.25, 0.3) is 0 Å². The third kappa shape index (κ3) is 6.09. The van der Waals surface area contributed by atoms with Crippen molar-refractivity contribution in [3.8, 4) is 5.75 Å². The van der Waals surface area contributed by atoms with Gasteiger partial charge in [0.2, 0.25) is 0 Å². The summed E-state index contributed by atoms with van der Waals surface area (Å²) in [4.78, 5) is 0. The van der Waals surface area contributed by atoms with Gasteiger partial charge in [-0.1, -0.05) is 49.6 Å². The molecule has 0 bridgehead atoms. The summed E-state index contributed by atoms with van der Waals surface area (Å²) in [6, 6.07) is 6.31. The summed E-state index contributed by atoms with van der Waals surface area (Å²) in [6.45, 7) is 9.67. The maximum atomic E-state index is 10.3. The van der Waals surface area contributed by atoms with Gasteiger partial charge in [-0.15, -0.1) is 6.58 Å². The molecule has 1 aromatic rings. The number of aryl methyl sites for hydroxylation is 1. The van der Waals surface area contributed by atoms with Gasteiger partial charge < -0.3 is 5.11 Å². The number of aromatic hydroxyl groups is 1. The first-order chi connectivity index (χ1) is 10.6. The quantitative estimate of drug-likeness (QED) is 0.484. The Morgan fingerprint density at radius 2 is 2.05 bits per heavy atom. The van der Waals surface area contributed by atoms with Crippen molar-refractivity contribution in [3.63, 3.8) is 0 Å². The van der Waals surface area contributed by atoms with Crippen molar-refractivity contribution in [2.45, 2.75) is 71.6 Å². The Kier molecular flexibility index (Phi) is 8.65. The molecule has 0 spiro atoms. The van der Waals surface area contributed by atoms with Crippen molar-refractivity contribution in [1.82, 2.24) is 0 Å². The largest absolute Gasteiger partial charge is 0.508 e. The molecule has 0 amide bonds. The summed E-state index contributed by atoms with van der Waals surface area (Å²) < 4.78 is 0. The number of rotatable bonds is 5. The molecule has 0 aromatic heterocycles. The van der Waals surface area contributed by atoms with Gasteiger partial charge in [0.25, 0.3) is 0 Å². The summed E-state index contributed by atoms with van der Waals surface area (Å²) in [6.07, 6.45) is 12.5. The van der Waals surface area contributed by atoms with Crippen molar-refractivity contribution in [2.24, 2.45) is 0 Å². The monoisotopic (exact) mass is 300 g/mol. The van der Waals surface area contributed by atoms with E-state index in [0.717, 1.165) is 12.0 Å². The highest BCUT2D eigenvalue weighted by molar-refractivity contribution is 5.41. The lowest BCUT2D eigenvalue weighted by molar-refractivity contribution is 0.460. The third-order valence-corrected chi connectivity index (χ3v) is 4.14. The van der Waals surface area contributed by atoms with Crippen LogP contribution in [0, 0.1) is 0 Å². The van der Waals surface area contributed by atoms with E-state index in [4.69, 9.17) is 0 Å². The smallest absolute Gasteiger partial charge is 0.119 e. The number of allylic oxidation sites excluding steroid dienone is 3. The lowest BCUT2D eigenvalue weighted by atomic mass is 9.85. The number of hydrogen-bond acceptors (Lipinski definition) is 1. The van der Waals surface area contributed by atoms with Crippen LogP contribution in [0.1, 0.15) is 76.3 Å². The van der Waals surface area contributed by atoms with Crippen molar-refractivity contribution in [1.29, 1.82) is 0 Å². The van der Waals surface area contributed by atoms with Gasteiger partial charge in [-0.2, -0.15) is 0 Å². The Morgan fingerprint density at radius 3 is 2.64 bits per heavy atom. The molecular formula is C21H32O. The van der Waals surface area contributed by atoms with Crippen LogP contribution in [0.2, 0.25) is 0 Å². The first-order valence-electron chi connectivity index (χ1n) is 8.68. The van der Waals surface area contributed by atoms with E-state index in [9.17, 15) is 5.11 Å². The Hall–Kier alpha value is -1.50. The summed E-state index contributed by atoms with van der Waals surface area (Å²) in [5, 5.41) is 10.3. The highest BCUT2D eigenvalue weighted by Crippen LogP contribution is 2.36. The first-order valence-corrected chi connectivity index (χ1v) is 8.68. The average Bonchev–Trinajstić information content (AvgIpc) is 2.48. The topological polar surface area (TPSA) is 20.2 Å². The van der Waals surface area contributed by atoms with Crippen LogP contribution in [-0.4, -0.2) is 5.11 Å². The molecule has 0 saturated heterocycles. The van der Waals surface area contributed by atoms with E-state index in [-0.39, 0.29) is 0 Å². The Morgan fingerprint density at radius 1 is 1.32 bits per heavy atom. The second kappa shape index (κ2) is 10.3. The maximum Gasteiger partial charge on any atom is 0.119 e. The van der Waals surface area contributed by atoms with Gasteiger partial charge in [-0.25, -0.2) is 0 Å². The molecule has 0 heterocycles. The third-order valence-electron chi connectivity index (χ3n) is 4.14. The molecule has 22 heavy (non-hydrogen) atoms. The fraction of sp³-hybridized carbons (Fsp3) is 0.524. The lowest BCUT2D eigenvalue weighted by Crippen LogP contribution is -2.02. The summed E-state index contributed by atoms with van der Waals surface area (Å²) in [5.41, 5.74) is 3.84. The standard InChI is InChI=1S/C18H26O.C3H6/c1-3-4-5-8-15-10-11-17(18(19)13-15)16-9-6-7-14(2)12-16;1-3-2/h10-13,16,19H,3-9H2,1-2H3;3H,1H2,2H3. The van der Waals surface area contributed by atoms with Gasteiger partial charge in [-0.3, -0.25) is 0 Å². The van der Waals surface area contributed by atoms with Crippen molar-refractivity contribution < 1.29 is 5.11 Å². The Bertz CT molecular complexity index is 485. The maximum absolute atomic E-state index is 10.3. The fourth-order valence-electron chi connectivity index (χ4n) is 2.99. The van der Waals surface area contributed by atoms with E-state index in [2.05, 4.69) is 38.6 Å². The second-order valence-corrected chi connectivity index (χ2v) is 6.27. The molecule has 1 aliphatic rings. The van der Waals surface area contributed by atoms with Gasteiger partial charge in [0.1, 0.15) is 5.75 Å². The van der Waals surface area contributed by atoms with Gasteiger partial charge in [0.05, 0.1) is 0 Å². The molecule has 0 radical (unpaired) electrons. The van der Waals surface area contributed by atoms with Gasteiger partial charge >= 0.3 is 0 Å². The molecule has 1 aromatic carbocycles. The number of hydrogen-bond donors (Lipinski definition) is 1. The number of phenolic OH excluding ortho intramolecular Hbond substituents is 1. The highest BCUT2D eigenvalue weighted by Gasteiger charge is 2.16. The van der Waals surface area contributed by atoms with Crippen molar-refractivity contribution in [3.05, 3.63) is 53.6 Å². The van der Waals surface area contributed by atoms with Gasteiger partial charge in [0, 0.05) is 11.5 Å². The molecule has 1 aliphatic carbocycles. The molecule has 1 unspecified atom stereocenters. The van der Waals surface area contributed by atoms with E-state index >= 15 is 0 Å². The second-order valence-electron chi connectivity index (χ2n) is 6.27. The molecular weight excluding hydrogens is 268 g/mol. The van der Waals surface area contributed by atoms with Crippen molar-refractivity contribution in [2.75, 3.05) is 0 Å². The Labute approximate surface area is 136 Å². The van der Waals surface area contributed by atoms with Crippen LogP contribution in [0.4, 0.5) is 0 Å². The predicted octanol–water partition coefficient (Wildman–Crippen LogP) is 6.53. The van der Waals surface area contributed by atoms with Crippen LogP contribution in [0.3, 0.4) is 0 Å². The average molecular weight is 300 g/mol. The van der Waals surface area contributed by atoms with E-state index < -0.39 is 0 Å². The van der Waals surface area contributed by atoms with Crippen molar-refractivity contribution >= 4 is 0 Å². The molecule has 0 aliphatic heterocycles. The number of unbranched alkanes of at least 4 members (excludes halogenated alkanes) is 2. The SMILES string of the molecule is C=CC.CCCCCc1ccc(C2C=C(C)CCC2)c(O)c1. The molecule has 1 N–H and O–H groups in total. The number of benzene rings is 1. The minimum Gasteiger partial charge on any atom is -0.508 e. The van der Waals surface area contributed by atoms with E-state index in [0.29, 0.717) is 11.7 Å². The molecule has 122 valence electrons. The molecule has 1 atom stereocenters. The van der Waals surface area contributed by atoms with Crippen LogP contribution in [-0.2, 0) is 6.42 Å². The van der Waals surface area contributed by atoms with Gasteiger partial charge in [-0.05, 0) is 57.6 Å². The normalized spacial score (nSPS) is 17.2. The summed E-state index contributed by atoms with van der Waals surface area (Å²) in [5.74, 6) is 0.906. The summed E-state index contributed by atoms with van der Waals surface area (Å²) >= 11 is 0. The molecule has 0 saturated carbocycles. The molecule has 0 fully saturated rings. The zero-order chi connectivity index (χ0) is 16.4. The lowest BCUT2D eigenvalue weighted by Gasteiger charge is -2.21. The van der Waals surface area contributed by atoms with Crippen LogP contribution < -0.4 is 0 Å². The van der Waals surface area contributed by atoms with E-state index in [1.165, 1.54) is 49.7 Å².